The average molecular weight is 372 g/mol. The highest BCUT2D eigenvalue weighted by Crippen LogP contribution is 2.15. The molecule has 0 radical (unpaired) electrons. The molecule has 0 aliphatic rings. The van der Waals surface area contributed by atoms with Crippen LogP contribution in [0.5, 0.6) is 0 Å². The Morgan fingerprint density at radius 1 is 1.11 bits per heavy atom. The molecule has 0 spiro atoms. The third-order valence-electron chi connectivity index (χ3n) is 3.64. The van der Waals surface area contributed by atoms with Gasteiger partial charge in [0.1, 0.15) is 5.76 Å². The second-order valence-electron chi connectivity index (χ2n) is 6.44. The van der Waals surface area contributed by atoms with Crippen molar-refractivity contribution in [2.45, 2.75) is 26.7 Å². The molecule has 0 unspecified atom stereocenters. The van der Waals surface area contributed by atoms with Crippen LogP contribution in [0.15, 0.2) is 47.1 Å². The zero-order valence-corrected chi connectivity index (χ0v) is 15.5. The number of ether oxygens (including phenoxy) is 1. The topological polar surface area (TPSA) is 97.6 Å². The van der Waals surface area contributed by atoms with Crippen LogP contribution >= 0.6 is 0 Å². The largest absolute Gasteiger partial charge is 0.469 e. The summed E-state index contributed by atoms with van der Waals surface area (Å²) in [6.07, 6.45) is 2.06. The predicted octanol–water partition coefficient (Wildman–Crippen LogP) is 2.78. The van der Waals surface area contributed by atoms with E-state index in [2.05, 4.69) is 10.6 Å². The van der Waals surface area contributed by atoms with Crippen LogP contribution in [0.25, 0.3) is 0 Å². The third kappa shape index (κ3) is 6.97. The average Bonchev–Trinajstić information content (AvgIpc) is 3.17. The van der Waals surface area contributed by atoms with Crippen LogP contribution in [0, 0.1) is 5.92 Å². The molecule has 0 saturated carbocycles. The number of hydrogen-bond acceptors (Lipinski definition) is 5. The monoisotopic (exact) mass is 372 g/mol. The van der Waals surface area contributed by atoms with Crippen molar-refractivity contribution in [1.29, 1.82) is 0 Å². The molecule has 0 saturated heterocycles. The minimum Gasteiger partial charge on any atom is -0.469 e. The van der Waals surface area contributed by atoms with Crippen LogP contribution in [-0.4, -0.2) is 30.9 Å². The zero-order chi connectivity index (χ0) is 19.6. The molecule has 1 aromatic heterocycles. The van der Waals surface area contributed by atoms with Crippen molar-refractivity contribution in [2.24, 2.45) is 5.92 Å². The predicted molar refractivity (Wildman–Crippen MR) is 100 cm³/mol. The zero-order valence-electron chi connectivity index (χ0n) is 15.5. The number of esters is 1. The molecular weight excluding hydrogens is 348 g/mol. The van der Waals surface area contributed by atoms with E-state index < -0.39 is 18.5 Å². The Kier molecular flexibility index (Phi) is 7.61. The maximum absolute atomic E-state index is 12.3. The molecule has 0 aliphatic carbocycles. The number of furan rings is 1. The molecule has 1 heterocycles. The maximum atomic E-state index is 12.3. The van der Waals surface area contributed by atoms with Crippen LogP contribution in [0.1, 0.15) is 36.4 Å². The molecule has 0 fully saturated rings. The first-order valence-corrected chi connectivity index (χ1v) is 8.80. The van der Waals surface area contributed by atoms with Crippen LogP contribution in [0.3, 0.4) is 0 Å². The lowest BCUT2D eigenvalue weighted by molar-refractivity contribution is -0.147. The molecule has 7 heteroatoms. The fraction of sp³-hybridized carbons (Fsp3) is 0.350. The number of para-hydroxylation sites is 1. The van der Waals surface area contributed by atoms with Gasteiger partial charge in [0.2, 0.25) is 0 Å². The van der Waals surface area contributed by atoms with E-state index in [1.54, 1.807) is 36.4 Å². The van der Waals surface area contributed by atoms with Gasteiger partial charge in [-0.2, -0.15) is 0 Å². The molecule has 2 N–H and O–H groups in total. The van der Waals surface area contributed by atoms with Crippen molar-refractivity contribution in [3.63, 3.8) is 0 Å². The minimum absolute atomic E-state index is 0.120. The van der Waals surface area contributed by atoms with Gasteiger partial charge in [0.05, 0.1) is 23.9 Å². The molecule has 0 atom stereocenters. The lowest BCUT2D eigenvalue weighted by Gasteiger charge is -2.12. The lowest BCUT2D eigenvalue weighted by atomic mass is 10.1. The standard InChI is InChI=1S/C20H24N2O5/c1-14(2)12-21-20(25)16-7-3-4-8-17(16)22-18(23)13-27-19(24)10-9-15-6-5-11-26-15/h3-8,11,14H,9-10,12-13H2,1-2H3,(H,21,25)(H,22,23). The number of hydrogen-bond donors (Lipinski definition) is 2. The first kappa shape index (κ1) is 20.2. The van der Waals surface area contributed by atoms with Crippen molar-refractivity contribution in [2.75, 3.05) is 18.5 Å². The van der Waals surface area contributed by atoms with Gasteiger partial charge in [-0.25, -0.2) is 0 Å². The summed E-state index contributed by atoms with van der Waals surface area (Å²) in [4.78, 5) is 36.0. The van der Waals surface area contributed by atoms with Crippen molar-refractivity contribution in [1.82, 2.24) is 5.32 Å². The van der Waals surface area contributed by atoms with E-state index in [1.807, 2.05) is 13.8 Å². The van der Waals surface area contributed by atoms with Gasteiger partial charge in [-0.3, -0.25) is 14.4 Å². The van der Waals surface area contributed by atoms with Gasteiger partial charge in [0, 0.05) is 13.0 Å². The molecule has 2 amide bonds. The molecule has 1 aromatic carbocycles. The van der Waals surface area contributed by atoms with E-state index in [-0.39, 0.29) is 12.3 Å². The molecule has 144 valence electrons. The highest BCUT2D eigenvalue weighted by Gasteiger charge is 2.14. The Bertz CT molecular complexity index is 768. The first-order valence-electron chi connectivity index (χ1n) is 8.80. The summed E-state index contributed by atoms with van der Waals surface area (Å²) in [7, 11) is 0. The maximum Gasteiger partial charge on any atom is 0.306 e. The first-order chi connectivity index (χ1) is 13.0. The normalized spacial score (nSPS) is 10.5. The Morgan fingerprint density at radius 3 is 2.59 bits per heavy atom. The number of aryl methyl sites for hydroxylation is 1. The minimum atomic E-state index is -0.509. The number of carbonyl (C=O) groups excluding carboxylic acids is 3. The van der Waals surface area contributed by atoms with Crippen molar-refractivity contribution < 1.29 is 23.5 Å². The summed E-state index contributed by atoms with van der Waals surface area (Å²) >= 11 is 0. The fourth-order valence-corrected chi connectivity index (χ4v) is 2.27. The van der Waals surface area contributed by atoms with Gasteiger partial charge in [0.25, 0.3) is 11.8 Å². The second-order valence-corrected chi connectivity index (χ2v) is 6.44. The molecule has 7 nitrogen and oxygen atoms in total. The Morgan fingerprint density at radius 2 is 1.89 bits per heavy atom. The van der Waals surface area contributed by atoms with Crippen molar-refractivity contribution >= 4 is 23.5 Å². The number of nitrogens with one attached hydrogen (secondary N) is 2. The molecule has 0 bridgehead atoms. The smallest absolute Gasteiger partial charge is 0.306 e. The highest BCUT2D eigenvalue weighted by molar-refractivity contribution is 6.04. The number of carbonyl (C=O) groups is 3. The number of rotatable bonds is 9. The van der Waals surface area contributed by atoms with Gasteiger partial charge < -0.3 is 19.8 Å². The fourth-order valence-electron chi connectivity index (χ4n) is 2.27. The second kappa shape index (κ2) is 10.2. The highest BCUT2D eigenvalue weighted by atomic mass is 16.5. The summed E-state index contributed by atoms with van der Waals surface area (Å²) in [5.74, 6) is -0.279. The molecule has 0 aliphatic heterocycles. The summed E-state index contributed by atoms with van der Waals surface area (Å²) in [6.45, 7) is 4.11. The molecule has 27 heavy (non-hydrogen) atoms. The van der Waals surface area contributed by atoms with Gasteiger partial charge >= 0.3 is 5.97 Å². The van der Waals surface area contributed by atoms with Gasteiger partial charge in [0.15, 0.2) is 6.61 Å². The van der Waals surface area contributed by atoms with Gasteiger partial charge in [-0.1, -0.05) is 26.0 Å². The summed E-state index contributed by atoms with van der Waals surface area (Å²) in [5.41, 5.74) is 0.728. The number of amides is 2. The Balaban J connectivity index is 1.82. The third-order valence-corrected chi connectivity index (χ3v) is 3.64. The van der Waals surface area contributed by atoms with E-state index in [0.29, 0.717) is 35.9 Å². The van der Waals surface area contributed by atoms with E-state index >= 15 is 0 Å². The molecule has 2 rings (SSSR count). The van der Waals surface area contributed by atoms with Crippen LogP contribution in [-0.2, 0) is 20.7 Å². The summed E-state index contributed by atoms with van der Waals surface area (Å²) < 4.78 is 10.1. The van der Waals surface area contributed by atoms with Crippen molar-refractivity contribution in [3.8, 4) is 0 Å². The lowest BCUT2D eigenvalue weighted by Crippen LogP contribution is -2.29. The van der Waals surface area contributed by atoms with Crippen molar-refractivity contribution in [3.05, 3.63) is 54.0 Å². The number of benzene rings is 1. The quantitative estimate of drug-likeness (QED) is 0.660. The van der Waals surface area contributed by atoms with Gasteiger partial charge in [-0.05, 0) is 30.2 Å². The Hall–Kier alpha value is -3.09. The van der Waals surface area contributed by atoms with Gasteiger partial charge in [-0.15, -0.1) is 0 Å². The van der Waals surface area contributed by atoms with E-state index in [4.69, 9.17) is 9.15 Å². The Labute approximate surface area is 158 Å². The van der Waals surface area contributed by atoms with E-state index in [0.717, 1.165) is 0 Å². The summed E-state index contributed by atoms with van der Waals surface area (Å²) in [5, 5.41) is 5.42. The molecular formula is C20H24N2O5. The van der Waals surface area contributed by atoms with Crippen LogP contribution < -0.4 is 10.6 Å². The molecule has 2 aromatic rings. The SMILES string of the molecule is CC(C)CNC(=O)c1ccccc1NC(=O)COC(=O)CCc1ccco1. The number of anilines is 1. The van der Waals surface area contributed by atoms with Crippen LogP contribution in [0.4, 0.5) is 5.69 Å². The summed E-state index contributed by atoms with van der Waals surface area (Å²) in [6, 6.07) is 10.2. The van der Waals surface area contributed by atoms with E-state index in [1.165, 1.54) is 6.26 Å². The van der Waals surface area contributed by atoms with Crippen LogP contribution in [0.2, 0.25) is 0 Å². The van der Waals surface area contributed by atoms with E-state index in [9.17, 15) is 14.4 Å².